The van der Waals surface area contributed by atoms with E-state index in [1.165, 1.54) is 0 Å². The summed E-state index contributed by atoms with van der Waals surface area (Å²) >= 11 is 1.61. The van der Waals surface area contributed by atoms with E-state index >= 15 is 0 Å². The second-order valence-electron chi connectivity index (χ2n) is 3.85. The molecule has 0 radical (unpaired) electrons. The van der Waals surface area contributed by atoms with Crippen LogP contribution in [-0.4, -0.2) is 48.4 Å². The highest BCUT2D eigenvalue weighted by molar-refractivity contribution is 7.99. The average Bonchev–Trinajstić information content (AvgIpc) is 2.64. The monoisotopic (exact) mass is 293 g/mol. The van der Waals surface area contributed by atoms with Crippen molar-refractivity contribution in [2.45, 2.75) is 25.2 Å². The average molecular weight is 293 g/mol. The number of hydrogen-bond donors (Lipinski definition) is 3. The van der Waals surface area contributed by atoms with E-state index in [0.717, 1.165) is 12.2 Å². The molecule has 0 unspecified atom stereocenters. The quantitative estimate of drug-likeness (QED) is 0.604. The number of H-pyrrole nitrogens is 1. The van der Waals surface area contributed by atoms with Gasteiger partial charge in [0.15, 0.2) is 0 Å². The number of aromatic amines is 1. The maximum absolute atomic E-state index is 12.0. The minimum absolute atomic E-state index is 0.173. The fraction of sp³-hybridized carbons (Fsp3) is 0.700. The van der Waals surface area contributed by atoms with E-state index in [2.05, 4.69) is 14.9 Å². The van der Waals surface area contributed by atoms with E-state index in [-0.39, 0.29) is 11.5 Å². The molecule has 0 atom stereocenters. The summed E-state index contributed by atoms with van der Waals surface area (Å²) in [5.74, 6) is 1.52. The van der Waals surface area contributed by atoms with Gasteiger partial charge in [-0.25, -0.2) is 13.1 Å². The Morgan fingerprint density at radius 3 is 2.67 bits per heavy atom. The van der Waals surface area contributed by atoms with Crippen molar-refractivity contribution in [1.82, 2.24) is 14.9 Å². The molecule has 0 aliphatic heterocycles. The van der Waals surface area contributed by atoms with Gasteiger partial charge in [-0.3, -0.25) is 5.10 Å². The van der Waals surface area contributed by atoms with Gasteiger partial charge in [0.2, 0.25) is 10.0 Å². The molecule has 1 heterocycles. The summed E-state index contributed by atoms with van der Waals surface area (Å²) in [5, 5.41) is 15.1. The summed E-state index contributed by atoms with van der Waals surface area (Å²) in [4.78, 5) is 0.239. The van der Waals surface area contributed by atoms with Crippen molar-refractivity contribution in [2.75, 3.05) is 24.7 Å². The van der Waals surface area contributed by atoms with Gasteiger partial charge in [0, 0.05) is 18.9 Å². The number of aliphatic hydroxyl groups excluding tert-OH is 1. The summed E-state index contributed by atoms with van der Waals surface area (Å²) in [6, 6.07) is 0. The molecule has 1 aromatic heterocycles. The third-order valence-corrected chi connectivity index (χ3v) is 5.11. The van der Waals surface area contributed by atoms with Crippen LogP contribution in [0.25, 0.3) is 0 Å². The molecule has 0 aliphatic rings. The lowest BCUT2D eigenvalue weighted by atomic mass is 10.4. The van der Waals surface area contributed by atoms with Crippen LogP contribution in [0.3, 0.4) is 0 Å². The van der Waals surface area contributed by atoms with E-state index in [0.29, 0.717) is 23.7 Å². The lowest BCUT2D eigenvalue weighted by Gasteiger charge is -2.06. The standard InChI is InChI=1S/C10H19N3O3S2/c1-8-10(9(2)13-12-8)18(15,16)11-4-7-17-6-3-5-14/h11,14H,3-7H2,1-2H3,(H,12,13). The van der Waals surface area contributed by atoms with Gasteiger partial charge in [0.1, 0.15) is 4.90 Å². The Morgan fingerprint density at radius 1 is 1.39 bits per heavy atom. The summed E-state index contributed by atoms with van der Waals surface area (Å²) in [6.45, 7) is 3.90. The Morgan fingerprint density at radius 2 is 2.11 bits per heavy atom. The van der Waals surface area contributed by atoms with Crippen molar-refractivity contribution < 1.29 is 13.5 Å². The third-order valence-electron chi connectivity index (χ3n) is 2.31. The summed E-state index contributed by atoms with van der Waals surface area (Å²) in [5.41, 5.74) is 1.03. The number of sulfonamides is 1. The Hall–Kier alpha value is -0.570. The van der Waals surface area contributed by atoms with Crippen molar-refractivity contribution >= 4 is 21.8 Å². The molecule has 0 fully saturated rings. The van der Waals surface area contributed by atoms with Gasteiger partial charge in [-0.05, 0) is 26.0 Å². The highest BCUT2D eigenvalue weighted by Gasteiger charge is 2.21. The fourth-order valence-corrected chi connectivity index (χ4v) is 3.84. The molecular weight excluding hydrogens is 274 g/mol. The summed E-state index contributed by atoms with van der Waals surface area (Å²) in [6.07, 6.45) is 0.733. The van der Waals surface area contributed by atoms with E-state index < -0.39 is 10.0 Å². The van der Waals surface area contributed by atoms with Crippen molar-refractivity contribution in [3.05, 3.63) is 11.4 Å². The van der Waals surface area contributed by atoms with Crippen LogP contribution >= 0.6 is 11.8 Å². The van der Waals surface area contributed by atoms with E-state index in [9.17, 15) is 8.42 Å². The molecule has 1 rings (SSSR count). The van der Waals surface area contributed by atoms with Crippen molar-refractivity contribution in [3.8, 4) is 0 Å². The molecule has 0 amide bonds. The van der Waals surface area contributed by atoms with Gasteiger partial charge in [-0.2, -0.15) is 16.9 Å². The Balaban J connectivity index is 2.46. The number of nitrogens with zero attached hydrogens (tertiary/aromatic N) is 1. The third kappa shape index (κ3) is 4.27. The van der Waals surface area contributed by atoms with Crippen LogP contribution < -0.4 is 4.72 Å². The van der Waals surface area contributed by atoms with Crippen LogP contribution in [0.15, 0.2) is 4.90 Å². The van der Waals surface area contributed by atoms with Crippen molar-refractivity contribution in [1.29, 1.82) is 0 Å². The van der Waals surface area contributed by atoms with Crippen LogP contribution in [0.2, 0.25) is 0 Å². The summed E-state index contributed by atoms with van der Waals surface area (Å²) in [7, 11) is -3.48. The molecule has 8 heteroatoms. The number of thioether (sulfide) groups is 1. The number of hydrogen-bond acceptors (Lipinski definition) is 5. The molecule has 3 N–H and O–H groups in total. The lowest BCUT2D eigenvalue weighted by molar-refractivity contribution is 0.296. The minimum atomic E-state index is -3.48. The van der Waals surface area contributed by atoms with Crippen molar-refractivity contribution in [2.24, 2.45) is 0 Å². The van der Waals surface area contributed by atoms with Gasteiger partial charge in [0.25, 0.3) is 0 Å². The van der Waals surface area contributed by atoms with Gasteiger partial charge in [0.05, 0.1) is 11.4 Å². The Labute approximate surface area is 112 Å². The summed E-state index contributed by atoms with van der Waals surface area (Å²) < 4.78 is 26.6. The smallest absolute Gasteiger partial charge is 0.244 e. The second kappa shape index (κ2) is 7.13. The molecule has 0 bridgehead atoms. The first-order valence-corrected chi connectivity index (χ1v) is 8.32. The number of aryl methyl sites for hydroxylation is 2. The van der Waals surface area contributed by atoms with Gasteiger partial charge in [-0.1, -0.05) is 0 Å². The van der Waals surface area contributed by atoms with E-state index in [1.54, 1.807) is 25.6 Å². The molecule has 0 saturated carbocycles. The van der Waals surface area contributed by atoms with Crippen LogP contribution in [-0.2, 0) is 10.0 Å². The van der Waals surface area contributed by atoms with Gasteiger partial charge in [-0.15, -0.1) is 0 Å². The maximum Gasteiger partial charge on any atom is 0.244 e. The number of rotatable bonds is 8. The molecule has 18 heavy (non-hydrogen) atoms. The largest absolute Gasteiger partial charge is 0.396 e. The van der Waals surface area contributed by atoms with Gasteiger partial charge >= 0.3 is 0 Å². The zero-order valence-corrected chi connectivity index (χ0v) is 12.2. The number of aliphatic hydroxyl groups is 1. The Bertz CT molecular complexity index is 451. The van der Waals surface area contributed by atoms with Crippen LogP contribution in [0.4, 0.5) is 0 Å². The normalized spacial score (nSPS) is 11.9. The topological polar surface area (TPSA) is 95.1 Å². The first-order chi connectivity index (χ1) is 8.49. The predicted molar refractivity (Wildman–Crippen MR) is 72.3 cm³/mol. The van der Waals surface area contributed by atoms with Gasteiger partial charge < -0.3 is 5.11 Å². The van der Waals surface area contributed by atoms with Crippen LogP contribution in [0.5, 0.6) is 0 Å². The first kappa shape index (κ1) is 15.5. The number of aromatic nitrogens is 2. The molecule has 0 aliphatic carbocycles. The van der Waals surface area contributed by atoms with E-state index in [4.69, 9.17) is 5.11 Å². The highest BCUT2D eigenvalue weighted by Crippen LogP contribution is 2.16. The molecule has 0 saturated heterocycles. The predicted octanol–water partition coefficient (Wildman–Crippen LogP) is 0.420. The molecular formula is C10H19N3O3S2. The SMILES string of the molecule is Cc1n[nH]c(C)c1S(=O)(=O)NCCSCCCO. The Kier molecular flexibility index (Phi) is 6.13. The van der Waals surface area contributed by atoms with Crippen LogP contribution in [0.1, 0.15) is 17.8 Å². The number of nitrogens with one attached hydrogen (secondary N) is 2. The van der Waals surface area contributed by atoms with E-state index in [1.807, 2.05) is 0 Å². The zero-order chi connectivity index (χ0) is 13.6. The fourth-order valence-electron chi connectivity index (χ4n) is 1.53. The molecule has 0 spiro atoms. The first-order valence-electron chi connectivity index (χ1n) is 5.69. The lowest BCUT2D eigenvalue weighted by Crippen LogP contribution is -2.27. The maximum atomic E-state index is 12.0. The van der Waals surface area contributed by atoms with Crippen LogP contribution in [0, 0.1) is 13.8 Å². The molecule has 6 nitrogen and oxygen atoms in total. The highest BCUT2D eigenvalue weighted by atomic mass is 32.2. The molecule has 1 aromatic rings. The minimum Gasteiger partial charge on any atom is -0.396 e. The molecule has 104 valence electrons. The molecule has 0 aromatic carbocycles. The second-order valence-corrected chi connectivity index (χ2v) is 6.78. The zero-order valence-electron chi connectivity index (χ0n) is 10.6. The van der Waals surface area contributed by atoms with Crippen molar-refractivity contribution in [3.63, 3.8) is 0 Å².